The molecular formula is C32H39Cl2NO3. The number of aliphatic hydroxyl groups is 1. The van der Waals surface area contributed by atoms with Crippen molar-refractivity contribution in [1.82, 2.24) is 4.90 Å². The second kappa shape index (κ2) is 13.6. The van der Waals surface area contributed by atoms with E-state index in [-0.39, 0.29) is 30.8 Å². The highest BCUT2D eigenvalue weighted by Gasteiger charge is 2.26. The molecule has 3 aromatic carbocycles. The third-order valence-electron chi connectivity index (χ3n) is 7.21. The molecule has 0 aromatic heterocycles. The van der Waals surface area contributed by atoms with Crippen molar-refractivity contribution in [3.8, 4) is 5.75 Å². The lowest BCUT2D eigenvalue weighted by atomic mass is 9.91. The van der Waals surface area contributed by atoms with E-state index in [4.69, 9.17) is 16.3 Å². The van der Waals surface area contributed by atoms with E-state index in [0.29, 0.717) is 11.6 Å². The van der Waals surface area contributed by atoms with E-state index >= 15 is 0 Å². The Morgan fingerprint density at radius 1 is 1.05 bits per heavy atom. The number of Topliss-reactive ketones (excluding diaryl/α,β-unsaturated/α-hetero) is 1. The number of halogens is 2. The Kier molecular flexibility index (Phi) is 10.8. The minimum atomic E-state index is -0.636. The topological polar surface area (TPSA) is 49.8 Å². The third-order valence-corrected chi connectivity index (χ3v) is 7.44. The van der Waals surface area contributed by atoms with Gasteiger partial charge in [-0.3, -0.25) is 9.69 Å². The number of ketones is 1. The van der Waals surface area contributed by atoms with Crippen LogP contribution in [0.15, 0.2) is 72.8 Å². The average Bonchev–Trinajstić information content (AvgIpc) is 3.09. The van der Waals surface area contributed by atoms with Crippen LogP contribution in [0.3, 0.4) is 0 Å². The van der Waals surface area contributed by atoms with Gasteiger partial charge in [0, 0.05) is 29.6 Å². The Labute approximate surface area is 238 Å². The van der Waals surface area contributed by atoms with Crippen LogP contribution in [0.1, 0.15) is 62.0 Å². The van der Waals surface area contributed by atoms with Crippen LogP contribution < -0.4 is 4.74 Å². The van der Waals surface area contributed by atoms with Crippen molar-refractivity contribution in [2.24, 2.45) is 5.41 Å². The first kappa shape index (κ1) is 30.2. The highest BCUT2D eigenvalue weighted by Crippen LogP contribution is 2.30. The van der Waals surface area contributed by atoms with Crippen molar-refractivity contribution in [1.29, 1.82) is 0 Å². The summed E-state index contributed by atoms with van der Waals surface area (Å²) in [4.78, 5) is 14.8. The molecule has 204 valence electrons. The molecule has 1 aliphatic rings. The van der Waals surface area contributed by atoms with Gasteiger partial charge in [0.2, 0.25) is 0 Å². The normalized spacial score (nSPS) is 16.2. The van der Waals surface area contributed by atoms with E-state index in [1.165, 1.54) is 16.7 Å². The van der Waals surface area contributed by atoms with Gasteiger partial charge in [0.05, 0.1) is 6.10 Å². The van der Waals surface area contributed by atoms with Crippen LogP contribution in [0.2, 0.25) is 5.02 Å². The molecule has 38 heavy (non-hydrogen) atoms. The summed E-state index contributed by atoms with van der Waals surface area (Å²) in [7, 11) is 0. The first-order valence-electron chi connectivity index (χ1n) is 13.2. The van der Waals surface area contributed by atoms with Crippen LogP contribution in [-0.2, 0) is 24.2 Å². The van der Waals surface area contributed by atoms with Crippen LogP contribution in [0.4, 0.5) is 0 Å². The van der Waals surface area contributed by atoms with Gasteiger partial charge in [-0.2, -0.15) is 0 Å². The fourth-order valence-corrected chi connectivity index (χ4v) is 5.09. The minimum absolute atomic E-state index is 0. The molecule has 0 bridgehead atoms. The predicted octanol–water partition coefficient (Wildman–Crippen LogP) is 7.24. The van der Waals surface area contributed by atoms with Crippen LogP contribution in [0, 0.1) is 5.41 Å². The van der Waals surface area contributed by atoms with Crippen molar-refractivity contribution < 1.29 is 14.6 Å². The summed E-state index contributed by atoms with van der Waals surface area (Å²) in [6.07, 6.45) is 3.38. The van der Waals surface area contributed by atoms with E-state index in [1.807, 2.05) is 57.2 Å². The molecule has 0 saturated carbocycles. The number of rotatable bonds is 9. The molecular weight excluding hydrogens is 517 g/mol. The van der Waals surface area contributed by atoms with E-state index in [2.05, 4.69) is 41.3 Å². The molecule has 6 heteroatoms. The highest BCUT2D eigenvalue weighted by atomic mass is 35.5. The SMILES string of the molecule is CC(C)(C)C(=O)COc1ccc2c(c1)CC(N(Cc1ccccc1)C[C@H](O)c1cccc(Cl)c1)CCC2.Cl. The first-order valence-corrected chi connectivity index (χ1v) is 13.6. The number of fused-ring (bicyclic) bond motifs is 1. The quantitative estimate of drug-likeness (QED) is 0.283. The van der Waals surface area contributed by atoms with Gasteiger partial charge in [-0.1, -0.05) is 80.9 Å². The van der Waals surface area contributed by atoms with Gasteiger partial charge < -0.3 is 9.84 Å². The number of benzene rings is 3. The number of carbonyl (C=O) groups is 1. The number of aryl methyl sites for hydroxylation is 1. The van der Waals surface area contributed by atoms with Gasteiger partial charge in [0.1, 0.15) is 12.4 Å². The zero-order valence-electron chi connectivity index (χ0n) is 22.5. The van der Waals surface area contributed by atoms with Gasteiger partial charge in [-0.25, -0.2) is 0 Å². The lowest BCUT2D eigenvalue weighted by Gasteiger charge is -2.33. The molecule has 1 N–H and O–H groups in total. The number of hydrogen-bond acceptors (Lipinski definition) is 4. The second-order valence-corrected chi connectivity index (χ2v) is 11.6. The summed E-state index contributed by atoms with van der Waals surface area (Å²) in [6.45, 7) is 7.11. The molecule has 4 rings (SSSR count). The zero-order chi connectivity index (χ0) is 26.4. The second-order valence-electron chi connectivity index (χ2n) is 11.1. The summed E-state index contributed by atoms with van der Waals surface area (Å²) < 4.78 is 5.91. The van der Waals surface area contributed by atoms with Crippen molar-refractivity contribution in [2.45, 2.75) is 65.1 Å². The first-order chi connectivity index (χ1) is 17.7. The van der Waals surface area contributed by atoms with Gasteiger partial charge in [0.15, 0.2) is 5.78 Å². The molecule has 3 aromatic rings. The van der Waals surface area contributed by atoms with Gasteiger partial charge in [0.25, 0.3) is 0 Å². The Morgan fingerprint density at radius 3 is 2.53 bits per heavy atom. The summed E-state index contributed by atoms with van der Waals surface area (Å²) in [5.41, 5.74) is 4.24. The highest BCUT2D eigenvalue weighted by molar-refractivity contribution is 6.30. The van der Waals surface area contributed by atoms with Crippen LogP contribution in [0.25, 0.3) is 0 Å². The van der Waals surface area contributed by atoms with Crippen LogP contribution >= 0.6 is 24.0 Å². The lowest BCUT2D eigenvalue weighted by molar-refractivity contribution is -0.128. The standard InChI is InChI=1S/C32H38ClNO3.ClH/c1-32(2,3)31(36)22-37-29-16-15-24-11-8-14-28(18-26(24)19-29)34(20-23-9-5-4-6-10-23)21-30(35)25-12-7-13-27(33)17-25;/h4-7,9-10,12-13,15-17,19,28,30,35H,8,11,14,18,20-22H2,1-3H3;1H/t28?,30-;/m0./s1. The Balaban J connectivity index is 0.00000400. The summed E-state index contributed by atoms with van der Waals surface area (Å²) in [6, 6.07) is 24.4. The van der Waals surface area contributed by atoms with Crippen molar-refractivity contribution in [2.75, 3.05) is 13.2 Å². The predicted molar refractivity (Wildman–Crippen MR) is 157 cm³/mol. The van der Waals surface area contributed by atoms with Crippen molar-refractivity contribution in [3.05, 3.63) is 100 Å². The van der Waals surface area contributed by atoms with Crippen molar-refractivity contribution in [3.63, 3.8) is 0 Å². The average molecular weight is 557 g/mol. The fraction of sp³-hybridized carbons (Fsp3) is 0.406. The Hall–Kier alpha value is -2.37. The summed E-state index contributed by atoms with van der Waals surface area (Å²) in [5.74, 6) is 0.829. The maximum atomic E-state index is 12.4. The molecule has 0 spiro atoms. The molecule has 0 fully saturated rings. The van der Waals surface area contributed by atoms with Crippen LogP contribution in [-0.4, -0.2) is 35.0 Å². The molecule has 0 radical (unpaired) electrons. The lowest BCUT2D eigenvalue weighted by Crippen LogP contribution is -2.39. The Bertz CT molecular complexity index is 1190. The molecule has 0 heterocycles. The van der Waals surface area contributed by atoms with Gasteiger partial charge in [-0.05, 0) is 72.2 Å². The molecule has 1 unspecified atom stereocenters. The monoisotopic (exact) mass is 555 g/mol. The van der Waals surface area contributed by atoms with Crippen LogP contribution in [0.5, 0.6) is 5.75 Å². The molecule has 1 aliphatic carbocycles. The molecule has 4 nitrogen and oxygen atoms in total. The zero-order valence-corrected chi connectivity index (χ0v) is 24.1. The number of carbonyl (C=O) groups excluding carboxylic acids is 1. The smallest absolute Gasteiger partial charge is 0.175 e. The maximum absolute atomic E-state index is 12.4. The molecule has 0 aliphatic heterocycles. The third kappa shape index (κ3) is 8.31. The number of hydrogen-bond donors (Lipinski definition) is 1. The van der Waals surface area contributed by atoms with Gasteiger partial charge in [-0.15, -0.1) is 12.4 Å². The van der Waals surface area contributed by atoms with Gasteiger partial charge >= 0.3 is 0 Å². The largest absolute Gasteiger partial charge is 0.486 e. The molecule has 2 atom stereocenters. The van der Waals surface area contributed by atoms with E-state index < -0.39 is 11.5 Å². The van der Waals surface area contributed by atoms with E-state index in [0.717, 1.165) is 43.5 Å². The molecule has 0 amide bonds. The van der Waals surface area contributed by atoms with E-state index in [9.17, 15) is 9.90 Å². The maximum Gasteiger partial charge on any atom is 0.175 e. The number of nitrogens with zero attached hydrogens (tertiary/aromatic N) is 1. The van der Waals surface area contributed by atoms with Crippen molar-refractivity contribution >= 4 is 29.8 Å². The Morgan fingerprint density at radius 2 is 1.82 bits per heavy atom. The summed E-state index contributed by atoms with van der Waals surface area (Å²) in [5, 5.41) is 11.8. The minimum Gasteiger partial charge on any atom is -0.486 e. The fourth-order valence-electron chi connectivity index (χ4n) is 4.89. The number of aliphatic hydroxyl groups excluding tert-OH is 1. The number of ether oxygens (including phenoxy) is 1. The molecule has 0 saturated heterocycles. The summed E-state index contributed by atoms with van der Waals surface area (Å²) >= 11 is 6.21. The van der Waals surface area contributed by atoms with E-state index in [1.54, 1.807) is 0 Å².